The van der Waals surface area contributed by atoms with Crippen molar-refractivity contribution >= 4 is 29.0 Å². The average molecular weight is 389 g/mol. The molecule has 0 aliphatic carbocycles. The van der Waals surface area contributed by atoms with Crippen molar-refractivity contribution in [2.45, 2.75) is 6.92 Å². The molecule has 29 heavy (non-hydrogen) atoms. The van der Waals surface area contributed by atoms with Gasteiger partial charge in [0.05, 0.1) is 16.9 Å². The Morgan fingerprint density at radius 2 is 1.79 bits per heavy atom. The molecule has 0 spiro atoms. The lowest BCUT2D eigenvalue weighted by Gasteiger charge is -2.11. The van der Waals surface area contributed by atoms with Gasteiger partial charge < -0.3 is 10.2 Å². The molecular formula is C21H15N3O5. The van der Waals surface area contributed by atoms with Gasteiger partial charge >= 0.3 is 11.7 Å². The van der Waals surface area contributed by atoms with E-state index in [1.165, 1.54) is 30.3 Å². The molecule has 3 aromatic rings. The van der Waals surface area contributed by atoms with Crippen molar-refractivity contribution in [1.82, 2.24) is 9.55 Å². The Labute approximate surface area is 163 Å². The number of hydrogen-bond donors (Lipinski definition) is 3. The zero-order valence-corrected chi connectivity index (χ0v) is 15.2. The number of aromatic carboxylic acids is 1. The molecule has 1 aliphatic rings. The summed E-state index contributed by atoms with van der Waals surface area (Å²) in [6, 6.07) is 12.7. The zero-order valence-electron chi connectivity index (χ0n) is 15.2. The van der Waals surface area contributed by atoms with Crippen molar-refractivity contribution in [3.05, 3.63) is 86.1 Å². The van der Waals surface area contributed by atoms with Crippen molar-refractivity contribution < 1.29 is 15.0 Å². The number of nitrogens with zero attached hydrogens (tertiary/aromatic N) is 2. The molecule has 2 heterocycles. The number of carbonyl (C=O) groups is 1. The monoisotopic (exact) mass is 389 g/mol. The van der Waals surface area contributed by atoms with Crippen LogP contribution in [0.25, 0.3) is 17.3 Å². The summed E-state index contributed by atoms with van der Waals surface area (Å²) in [5, 5.41) is 19.7. The minimum atomic E-state index is -1.12. The number of aromatic hydroxyl groups is 1. The zero-order chi connectivity index (χ0) is 20.7. The van der Waals surface area contributed by atoms with Crippen LogP contribution in [0.1, 0.15) is 28.4 Å². The number of carboxylic acid groups (broad SMARTS) is 1. The molecule has 2 aromatic carbocycles. The minimum absolute atomic E-state index is 0.0300. The first-order chi connectivity index (χ1) is 13.9. The summed E-state index contributed by atoms with van der Waals surface area (Å²) in [6.07, 6.45) is 1.49. The number of aliphatic imine (C=N–C) groups is 1. The summed E-state index contributed by atoms with van der Waals surface area (Å²) in [4.78, 5) is 42.4. The SMILES string of the molecule is CC1=Nc2ccccc2/C1=C/c1c(O)n(-c2ccc(C(=O)O)cc2)c(=O)[nH]c1=O. The molecule has 0 unspecified atom stereocenters. The van der Waals surface area contributed by atoms with Crippen LogP contribution < -0.4 is 11.2 Å². The number of benzene rings is 2. The van der Waals surface area contributed by atoms with Crippen LogP contribution in [0, 0.1) is 0 Å². The van der Waals surface area contributed by atoms with E-state index in [1.807, 2.05) is 24.3 Å². The van der Waals surface area contributed by atoms with Crippen LogP contribution in [0.2, 0.25) is 0 Å². The van der Waals surface area contributed by atoms with Crippen molar-refractivity contribution in [2.75, 3.05) is 0 Å². The molecular weight excluding hydrogens is 374 g/mol. The lowest BCUT2D eigenvalue weighted by atomic mass is 10.0. The van der Waals surface area contributed by atoms with Gasteiger partial charge in [-0.15, -0.1) is 0 Å². The first-order valence-electron chi connectivity index (χ1n) is 8.65. The number of nitrogens with one attached hydrogen (secondary N) is 1. The molecule has 144 valence electrons. The highest BCUT2D eigenvalue weighted by molar-refractivity contribution is 6.31. The topological polar surface area (TPSA) is 125 Å². The second-order valence-electron chi connectivity index (χ2n) is 6.46. The van der Waals surface area contributed by atoms with Crippen LogP contribution in [0.3, 0.4) is 0 Å². The molecule has 0 radical (unpaired) electrons. The summed E-state index contributed by atoms with van der Waals surface area (Å²) in [6.45, 7) is 1.79. The third kappa shape index (κ3) is 3.06. The van der Waals surface area contributed by atoms with Crippen LogP contribution in [-0.4, -0.2) is 31.4 Å². The van der Waals surface area contributed by atoms with E-state index < -0.39 is 23.1 Å². The number of aromatic nitrogens is 2. The standard InChI is InChI=1S/C21H15N3O5/c1-11-15(14-4-2-3-5-17(14)22-11)10-16-18(25)23-21(29)24(19(16)26)13-8-6-12(7-9-13)20(27)28/h2-10,26H,1H3,(H,27,28)(H,23,25,29)/b15-10+. The fourth-order valence-corrected chi connectivity index (χ4v) is 3.22. The highest BCUT2D eigenvalue weighted by Crippen LogP contribution is 2.36. The molecule has 1 aromatic heterocycles. The van der Waals surface area contributed by atoms with E-state index in [0.29, 0.717) is 11.3 Å². The van der Waals surface area contributed by atoms with Crippen LogP contribution in [-0.2, 0) is 0 Å². The number of carboxylic acids is 1. The maximum absolute atomic E-state index is 12.4. The van der Waals surface area contributed by atoms with Gasteiger partial charge in [0, 0.05) is 16.8 Å². The summed E-state index contributed by atoms with van der Waals surface area (Å²) in [5.74, 6) is -1.67. The second kappa shape index (κ2) is 6.75. The quantitative estimate of drug-likeness (QED) is 0.635. The normalized spacial score (nSPS) is 14.0. The van der Waals surface area contributed by atoms with Gasteiger partial charge in [-0.25, -0.2) is 14.2 Å². The number of para-hydroxylation sites is 1. The summed E-state index contributed by atoms with van der Waals surface area (Å²) in [7, 11) is 0. The highest BCUT2D eigenvalue weighted by atomic mass is 16.4. The Kier molecular flexibility index (Phi) is 4.23. The Balaban J connectivity index is 1.90. The molecule has 0 saturated heterocycles. The van der Waals surface area contributed by atoms with Gasteiger partial charge in [-0.3, -0.25) is 14.8 Å². The molecule has 0 atom stereocenters. The van der Waals surface area contributed by atoms with Gasteiger partial charge in [0.1, 0.15) is 5.56 Å². The number of aromatic amines is 1. The van der Waals surface area contributed by atoms with Gasteiger partial charge in [0.25, 0.3) is 5.56 Å². The first-order valence-corrected chi connectivity index (χ1v) is 8.65. The average Bonchev–Trinajstić information content (AvgIpc) is 3.00. The first kappa shape index (κ1) is 18.2. The largest absolute Gasteiger partial charge is 0.494 e. The van der Waals surface area contributed by atoms with E-state index in [0.717, 1.165) is 15.8 Å². The Bertz CT molecular complexity index is 1330. The molecule has 3 N–H and O–H groups in total. The fourth-order valence-electron chi connectivity index (χ4n) is 3.22. The van der Waals surface area contributed by atoms with Crippen molar-refractivity contribution in [1.29, 1.82) is 0 Å². The molecule has 0 fully saturated rings. The van der Waals surface area contributed by atoms with Crippen LogP contribution in [0.5, 0.6) is 5.88 Å². The predicted octanol–water partition coefficient (Wildman–Crippen LogP) is 2.58. The van der Waals surface area contributed by atoms with Crippen molar-refractivity contribution in [3.8, 4) is 11.6 Å². The van der Waals surface area contributed by atoms with Gasteiger partial charge in [0.2, 0.25) is 5.88 Å². The number of rotatable bonds is 3. The molecule has 0 bridgehead atoms. The van der Waals surface area contributed by atoms with Gasteiger partial charge in [0.15, 0.2) is 0 Å². The molecule has 0 amide bonds. The van der Waals surface area contributed by atoms with Crippen LogP contribution in [0.4, 0.5) is 5.69 Å². The molecule has 0 saturated carbocycles. The van der Waals surface area contributed by atoms with E-state index in [9.17, 15) is 19.5 Å². The minimum Gasteiger partial charge on any atom is -0.494 e. The van der Waals surface area contributed by atoms with Gasteiger partial charge in [-0.1, -0.05) is 18.2 Å². The predicted molar refractivity (Wildman–Crippen MR) is 108 cm³/mol. The molecule has 1 aliphatic heterocycles. The Morgan fingerprint density at radius 1 is 1.10 bits per heavy atom. The van der Waals surface area contributed by atoms with E-state index in [2.05, 4.69) is 9.98 Å². The summed E-state index contributed by atoms with van der Waals surface area (Å²) < 4.78 is 0.909. The maximum Gasteiger partial charge on any atom is 0.335 e. The van der Waals surface area contributed by atoms with E-state index in [-0.39, 0.29) is 16.8 Å². The molecule has 8 heteroatoms. The molecule has 4 rings (SSSR count). The van der Waals surface area contributed by atoms with Crippen LogP contribution >= 0.6 is 0 Å². The fraction of sp³-hybridized carbons (Fsp3) is 0.0476. The number of H-pyrrole nitrogens is 1. The summed E-state index contributed by atoms with van der Waals surface area (Å²) in [5.41, 5.74) is 1.46. The maximum atomic E-state index is 12.4. The van der Waals surface area contributed by atoms with Gasteiger partial charge in [-0.05, 0) is 43.3 Å². The van der Waals surface area contributed by atoms with E-state index in [1.54, 1.807) is 6.92 Å². The Morgan fingerprint density at radius 3 is 2.48 bits per heavy atom. The van der Waals surface area contributed by atoms with Crippen molar-refractivity contribution in [2.24, 2.45) is 4.99 Å². The van der Waals surface area contributed by atoms with Gasteiger partial charge in [-0.2, -0.15) is 0 Å². The smallest absolute Gasteiger partial charge is 0.335 e. The van der Waals surface area contributed by atoms with E-state index in [4.69, 9.17) is 5.11 Å². The number of hydrogen-bond acceptors (Lipinski definition) is 5. The lowest BCUT2D eigenvalue weighted by molar-refractivity contribution is 0.0697. The van der Waals surface area contributed by atoms with Crippen molar-refractivity contribution in [3.63, 3.8) is 0 Å². The summed E-state index contributed by atoms with van der Waals surface area (Å²) >= 11 is 0. The van der Waals surface area contributed by atoms with E-state index >= 15 is 0 Å². The lowest BCUT2D eigenvalue weighted by Crippen LogP contribution is -2.30. The molecule has 8 nitrogen and oxygen atoms in total. The third-order valence-corrected chi connectivity index (χ3v) is 4.65. The third-order valence-electron chi connectivity index (χ3n) is 4.65. The Hall–Kier alpha value is -4.20. The van der Waals surface area contributed by atoms with Crippen LogP contribution in [0.15, 0.2) is 63.1 Å². The second-order valence-corrected chi connectivity index (χ2v) is 6.46. The number of fused-ring (bicyclic) bond motifs is 1. The number of allylic oxidation sites excluding steroid dienone is 1. The highest BCUT2D eigenvalue weighted by Gasteiger charge is 2.20.